The van der Waals surface area contributed by atoms with Crippen LogP contribution in [-0.2, 0) is 0 Å². The summed E-state index contributed by atoms with van der Waals surface area (Å²) in [6, 6.07) is 62.3. The van der Waals surface area contributed by atoms with Gasteiger partial charge in [-0.1, -0.05) is 133 Å². The first-order chi connectivity index (χ1) is 26.7. The molecule has 0 amide bonds. The summed E-state index contributed by atoms with van der Waals surface area (Å²) >= 11 is 1.82. The molecule has 0 aliphatic heterocycles. The van der Waals surface area contributed by atoms with E-state index in [2.05, 4.69) is 146 Å². The number of thiophene rings is 1. The molecular weight excluding hydrogens is 677 g/mol. The van der Waals surface area contributed by atoms with E-state index in [4.69, 9.17) is 15.1 Å². The Morgan fingerprint density at radius 1 is 0.481 bits per heavy atom. The van der Waals surface area contributed by atoms with Crippen molar-refractivity contribution in [3.05, 3.63) is 193 Å². The molecule has 2 aromatic heterocycles. The molecule has 54 heavy (non-hydrogen) atoms. The molecule has 0 fully saturated rings. The van der Waals surface area contributed by atoms with E-state index in [1.165, 1.54) is 52.5 Å². The minimum Gasteiger partial charge on any atom is -0.456 e. The van der Waals surface area contributed by atoms with Crippen molar-refractivity contribution in [2.45, 2.75) is 6.04 Å². The minimum atomic E-state index is -0.369. The lowest BCUT2D eigenvalue weighted by Gasteiger charge is -2.17. The summed E-state index contributed by atoms with van der Waals surface area (Å²) in [5, 5.41) is 12.2. The van der Waals surface area contributed by atoms with Crippen LogP contribution in [-0.4, -0.2) is 5.84 Å². The molecule has 4 heteroatoms. The molecule has 1 unspecified atom stereocenters. The van der Waals surface area contributed by atoms with E-state index in [9.17, 15) is 0 Å². The fourth-order valence-corrected chi connectivity index (χ4v) is 9.42. The van der Waals surface area contributed by atoms with E-state index in [1.54, 1.807) is 0 Å². The Labute approximate surface area is 315 Å². The van der Waals surface area contributed by atoms with Crippen molar-refractivity contribution in [3.63, 3.8) is 0 Å². The lowest BCUT2D eigenvalue weighted by Crippen LogP contribution is -2.15. The van der Waals surface area contributed by atoms with Gasteiger partial charge in [-0.05, 0) is 97.0 Å². The predicted molar refractivity (Wildman–Crippen MR) is 230 cm³/mol. The van der Waals surface area contributed by atoms with Crippen molar-refractivity contribution in [2.24, 2.45) is 10.7 Å². The third kappa shape index (κ3) is 4.92. The van der Waals surface area contributed by atoms with Crippen molar-refractivity contribution in [3.8, 4) is 11.1 Å². The Morgan fingerprint density at radius 3 is 2.07 bits per heavy atom. The van der Waals surface area contributed by atoms with Gasteiger partial charge >= 0.3 is 0 Å². The average molecular weight is 709 g/mol. The van der Waals surface area contributed by atoms with E-state index in [0.29, 0.717) is 5.84 Å². The third-order valence-corrected chi connectivity index (χ3v) is 12.1. The fraction of sp³-hybridized carbons (Fsp3) is 0.0200. The average Bonchev–Trinajstić information content (AvgIpc) is 3.80. The van der Waals surface area contributed by atoms with Crippen LogP contribution in [0.3, 0.4) is 0 Å². The first-order valence-electron chi connectivity index (χ1n) is 18.3. The highest BCUT2D eigenvalue weighted by atomic mass is 32.1. The standard InChI is InChI=1S/C50H32N2OS/c51-50(31-10-2-1-3-11-31)52-49(35-21-26-47-42(29-35)40-13-6-7-16-46(40)54-47)41-14-8-15-45-48(41)43-28-33(20-25-44(43)53-45)32-18-22-37-34(27-32)19-24-38-36-12-5-4-9-30(36)17-23-39(37)38/h1-29,49H,(H2,51,52). The SMILES string of the molecule is NC(=NC(c1ccc2sc3ccccc3c2c1)c1cccc2oc3ccc(-c4ccc5c(ccc6c7ccccc7ccc56)c4)cc3c12)c1ccccc1. The summed E-state index contributed by atoms with van der Waals surface area (Å²) in [7, 11) is 0. The number of nitrogens with two attached hydrogens (primary N) is 1. The van der Waals surface area contributed by atoms with Gasteiger partial charge in [0.1, 0.15) is 23.0 Å². The molecule has 254 valence electrons. The molecule has 0 aliphatic carbocycles. The molecule has 11 rings (SSSR count). The molecule has 0 bridgehead atoms. The Kier molecular flexibility index (Phi) is 6.94. The van der Waals surface area contributed by atoms with Crippen LogP contribution in [0.15, 0.2) is 185 Å². The zero-order valence-electron chi connectivity index (χ0n) is 29.2. The van der Waals surface area contributed by atoms with Crippen LogP contribution < -0.4 is 5.73 Å². The number of amidine groups is 1. The number of fused-ring (bicyclic) bond motifs is 11. The molecule has 3 nitrogen and oxygen atoms in total. The van der Waals surface area contributed by atoms with E-state index in [0.717, 1.165) is 49.8 Å². The smallest absolute Gasteiger partial charge is 0.135 e. The maximum absolute atomic E-state index is 6.82. The van der Waals surface area contributed by atoms with E-state index >= 15 is 0 Å². The van der Waals surface area contributed by atoms with Crippen molar-refractivity contribution in [2.75, 3.05) is 0 Å². The van der Waals surface area contributed by atoms with Gasteiger partial charge < -0.3 is 10.2 Å². The van der Waals surface area contributed by atoms with Crippen LogP contribution >= 0.6 is 11.3 Å². The third-order valence-electron chi connectivity index (χ3n) is 11.0. The van der Waals surface area contributed by atoms with Crippen molar-refractivity contribution in [1.82, 2.24) is 0 Å². The van der Waals surface area contributed by atoms with Crippen molar-refractivity contribution >= 4 is 91.6 Å². The van der Waals surface area contributed by atoms with Crippen LogP contribution in [0.5, 0.6) is 0 Å². The van der Waals surface area contributed by atoms with E-state index in [1.807, 2.05) is 41.7 Å². The second-order valence-electron chi connectivity index (χ2n) is 14.1. The van der Waals surface area contributed by atoms with Gasteiger partial charge in [0.2, 0.25) is 0 Å². The Balaban J connectivity index is 1.09. The quantitative estimate of drug-likeness (QED) is 0.110. The van der Waals surface area contributed by atoms with Crippen LogP contribution in [0.25, 0.3) is 85.6 Å². The number of hydrogen-bond donors (Lipinski definition) is 1. The number of nitrogens with zero attached hydrogens (tertiary/aromatic N) is 1. The number of furan rings is 1. The van der Waals surface area contributed by atoms with Gasteiger partial charge in [-0.25, -0.2) is 0 Å². The van der Waals surface area contributed by atoms with Crippen molar-refractivity contribution < 1.29 is 4.42 Å². The van der Waals surface area contributed by atoms with Gasteiger partial charge in [-0.3, -0.25) is 4.99 Å². The molecule has 2 N–H and O–H groups in total. The van der Waals surface area contributed by atoms with E-state index in [-0.39, 0.29) is 6.04 Å². The topological polar surface area (TPSA) is 51.5 Å². The zero-order chi connectivity index (χ0) is 35.8. The molecule has 0 spiro atoms. The molecule has 0 aliphatic rings. The molecular formula is C50H32N2OS. The molecule has 2 heterocycles. The number of aliphatic imine (C=N–C) groups is 1. The van der Waals surface area contributed by atoms with Crippen molar-refractivity contribution in [1.29, 1.82) is 0 Å². The van der Waals surface area contributed by atoms with Gasteiger partial charge in [0, 0.05) is 36.5 Å². The normalized spacial score (nSPS) is 12.9. The second-order valence-corrected chi connectivity index (χ2v) is 15.1. The predicted octanol–water partition coefficient (Wildman–Crippen LogP) is 13.6. The largest absolute Gasteiger partial charge is 0.456 e. The second kappa shape index (κ2) is 12.2. The number of hydrogen-bond acceptors (Lipinski definition) is 3. The van der Waals surface area contributed by atoms with Gasteiger partial charge in [0.05, 0.1) is 0 Å². The summed E-state index contributed by atoms with van der Waals surface area (Å²) in [6.45, 7) is 0. The molecule has 0 saturated heterocycles. The number of benzene rings is 9. The van der Waals surface area contributed by atoms with Gasteiger partial charge in [-0.2, -0.15) is 0 Å². The minimum absolute atomic E-state index is 0.369. The Morgan fingerprint density at radius 2 is 1.19 bits per heavy atom. The van der Waals surface area contributed by atoms with Gasteiger partial charge in [0.25, 0.3) is 0 Å². The van der Waals surface area contributed by atoms with Crippen LogP contribution in [0.2, 0.25) is 0 Å². The van der Waals surface area contributed by atoms with Gasteiger partial charge in [0.15, 0.2) is 0 Å². The summed E-state index contributed by atoms with van der Waals surface area (Å²) in [5.41, 5.74) is 13.8. The molecule has 9 aromatic carbocycles. The summed E-state index contributed by atoms with van der Waals surface area (Å²) < 4.78 is 9.08. The maximum Gasteiger partial charge on any atom is 0.135 e. The first kappa shape index (κ1) is 30.8. The maximum atomic E-state index is 6.82. The Hall–Kier alpha value is -6.75. The van der Waals surface area contributed by atoms with E-state index < -0.39 is 0 Å². The van der Waals surface area contributed by atoms with Crippen LogP contribution in [0.4, 0.5) is 0 Å². The van der Waals surface area contributed by atoms with Crippen LogP contribution in [0, 0.1) is 0 Å². The molecule has 0 saturated carbocycles. The zero-order valence-corrected chi connectivity index (χ0v) is 30.0. The monoisotopic (exact) mass is 708 g/mol. The lowest BCUT2D eigenvalue weighted by molar-refractivity contribution is 0.668. The summed E-state index contributed by atoms with van der Waals surface area (Å²) in [6.07, 6.45) is 0. The fourth-order valence-electron chi connectivity index (χ4n) is 8.33. The number of rotatable bonds is 5. The highest BCUT2D eigenvalue weighted by molar-refractivity contribution is 7.25. The summed E-state index contributed by atoms with van der Waals surface area (Å²) in [5.74, 6) is 0.498. The first-order valence-corrected chi connectivity index (χ1v) is 19.1. The summed E-state index contributed by atoms with van der Waals surface area (Å²) in [4.78, 5) is 5.31. The highest BCUT2D eigenvalue weighted by Crippen LogP contribution is 2.42. The van der Waals surface area contributed by atoms with Gasteiger partial charge in [-0.15, -0.1) is 11.3 Å². The van der Waals surface area contributed by atoms with Crippen LogP contribution in [0.1, 0.15) is 22.7 Å². The molecule has 0 radical (unpaired) electrons. The lowest BCUT2D eigenvalue weighted by atomic mass is 9.92. The Bertz CT molecular complexity index is 3300. The molecule has 11 aromatic rings. The molecule has 1 atom stereocenters. The highest BCUT2D eigenvalue weighted by Gasteiger charge is 2.22.